The Morgan fingerprint density at radius 2 is 1.82 bits per heavy atom. The van der Waals surface area contributed by atoms with Gasteiger partial charge in [0.05, 0.1) is 5.56 Å². The first-order valence-corrected chi connectivity index (χ1v) is 5.85. The quantitative estimate of drug-likeness (QED) is 0.854. The van der Waals surface area contributed by atoms with Gasteiger partial charge in [-0.3, -0.25) is 0 Å². The van der Waals surface area contributed by atoms with Gasteiger partial charge < -0.3 is 5.32 Å². The molecule has 1 saturated carbocycles. The van der Waals surface area contributed by atoms with Gasteiger partial charge in [-0.1, -0.05) is 19.3 Å². The van der Waals surface area contributed by atoms with Gasteiger partial charge in [0.25, 0.3) is 0 Å². The third kappa shape index (κ3) is 3.35. The summed E-state index contributed by atoms with van der Waals surface area (Å²) < 4.78 is 37.0. The van der Waals surface area contributed by atoms with Gasteiger partial charge in [-0.15, -0.1) is 0 Å². The van der Waals surface area contributed by atoms with Crippen molar-refractivity contribution in [1.82, 2.24) is 4.98 Å². The van der Waals surface area contributed by atoms with Crippen molar-refractivity contribution in [3.63, 3.8) is 0 Å². The molecule has 2 nitrogen and oxygen atoms in total. The summed E-state index contributed by atoms with van der Waals surface area (Å²) in [5, 5.41) is 3.18. The highest BCUT2D eigenvalue weighted by Crippen LogP contribution is 2.29. The molecule has 0 aliphatic heterocycles. The minimum atomic E-state index is -4.31. The van der Waals surface area contributed by atoms with Crippen LogP contribution < -0.4 is 5.32 Å². The number of nitrogens with one attached hydrogen (secondary N) is 1. The van der Waals surface area contributed by atoms with E-state index < -0.39 is 11.7 Å². The topological polar surface area (TPSA) is 24.9 Å². The molecule has 0 aromatic carbocycles. The molecule has 1 aromatic rings. The Morgan fingerprint density at radius 1 is 1.12 bits per heavy atom. The fraction of sp³-hybridized carbons (Fsp3) is 0.583. The maximum Gasteiger partial charge on any atom is 0.417 e. The van der Waals surface area contributed by atoms with E-state index in [2.05, 4.69) is 10.3 Å². The highest BCUT2D eigenvalue weighted by Gasteiger charge is 2.30. The molecule has 1 aromatic heterocycles. The zero-order valence-electron chi connectivity index (χ0n) is 9.43. The minimum absolute atomic E-state index is 0.355. The Balaban J connectivity index is 1.98. The summed E-state index contributed by atoms with van der Waals surface area (Å²) in [7, 11) is 0. The molecule has 0 saturated heterocycles. The van der Waals surface area contributed by atoms with Crippen LogP contribution in [0.5, 0.6) is 0 Å². The maximum absolute atomic E-state index is 12.3. The molecule has 1 aliphatic carbocycles. The van der Waals surface area contributed by atoms with Crippen molar-refractivity contribution in [3.05, 3.63) is 23.9 Å². The Labute approximate surface area is 98.2 Å². The average Bonchev–Trinajstić information content (AvgIpc) is 2.30. The van der Waals surface area contributed by atoms with Crippen LogP contribution in [0, 0.1) is 0 Å². The molecule has 1 fully saturated rings. The number of hydrogen-bond donors (Lipinski definition) is 1. The van der Waals surface area contributed by atoms with E-state index in [0.717, 1.165) is 25.1 Å². The molecule has 0 atom stereocenters. The van der Waals surface area contributed by atoms with Gasteiger partial charge in [0.1, 0.15) is 5.82 Å². The standard InChI is InChI=1S/C12H15F3N2/c13-12(14,15)9-6-7-11(16-8-9)17-10-4-2-1-3-5-10/h6-8,10H,1-5H2,(H,16,17). The van der Waals surface area contributed by atoms with E-state index in [0.29, 0.717) is 11.9 Å². The van der Waals surface area contributed by atoms with Crippen LogP contribution in [0.25, 0.3) is 0 Å². The van der Waals surface area contributed by atoms with Crippen LogP contribution in [-0.4, -0.2) is 11.0 Å². The van der Waals surface area contributed by atoms with E-state index in [4.69, 9.17) is 0 Å². The van der Waals surface area contributed by atoms with Gasteiger partial charge in [0.2, 0.25) is 0 Å². The molecule has 1 heterocycles. The molecule has 1 aliphatic rings. The Morgan fingerprint density at radius 3 is 2.35 bits per heavy atom. The Bertz CT molecular complexity index is 353. The van der Waals surface area contributed by atoms with Crippen molar-refractivity contribution < 1.29 is 13.2 Å². The zero-order chi connectivity index (χ0) is 12.3. The average molecular weight is 244 g/mol. The number of halogens is 3. The molecule has 0 amide bonds. The monoisotopic (exact) mass is 244 g/mol. The van der Waals surface area contributed by atoms with E-state index in [1.54, 1.807) is 0 Å². The SMILES string of the molecule is FC(F)(F)c1ccc(NC2CCCCC2)nc1. The van der Waals surface area contributed by atoms with Crippen LogP contribution in [0.4, 0.5) is 19.0 Å². The summed E-state index contributed by atoms with van der Waals surface area (Å²) in [4.78, 5) is 3.81. The number of pyridine rings is 1. The van der Waals surface area contributed by atoms with Crippen molar-refractivity contribution in [2.45, 2.75) is 44.3 Å². The van der Waals surface area contributed by atoms with Crippen molar-refractivity contribution in [1.29, 1.82) is 0 Å². The number of hydrogen-bond acceptors (Lipinski definition) is 2. The second kappa shape index (κ2) is 4.94. The van der Waals surface area contributed by atoms with Crippen LogP contribution >= 0.6 is 0 Å². The molecule has 0 spiro atoms. The molecular weight excluding hydrogens is 229 g/mol. The summed E-state index contributed by atoms with van der Waals surface area (Å²) in [5.41, 5.74) is -0.702. The van der Waals surface area contributed by atoms with E-state index in [1.807, 2.05) is 0 Å². The van der Waals surface area contributed by atoms with E-state index >= 15 is 0 Å². The molecule has 5 heteroatoms. The van der Waals surface area contributed by atoms with Crippen molar-refractivity contribution in [2.24, 2.45) is 0 Å². The molecule has 2 rings (SSSR count). The number of rotatable bonds is 2. The number of anilines is 1. The van der Waals surface area contributed by atoms with E-state index in [-0.39, 0.29) is 0 Å². The lowest BCUT2D eigenvalue weighted by molar-refractivity contribution is -0.137. The molecule has 17 heavy (non-hydrogen) atoms. The third-order valence-electron chi connectivity index (χ3n) is 3.05. The van der Waals surface area contributed by atoms with E-state index in [1.165, 1.54) is 25.3 Å². The first-order valence-electron chi connectivity index (χ1n) is 5.85. The van der Waals surface area contributed by atoms with Gasteiger partial charge in [-0.05, 0) is 25.0 Å². The van der Waals surface area contributed by atoms with Crippen molar-refractivity contribution in [3.8, 4) is 0 Å². The first kappa shape index (κ1) is 12.2. The number of alkyl halides is 3. The highest BCUT2D eigenvalue weighted by molar-refractivity contribution is 5.37. The zero-order valence-corrected chi connectivity index (χ0v) is 9.43. The van der Waals surface area contributed by atoms with Gasteiger partial charge >= 0.3 is 6.18 Å². The lowest BCUT2D eigenvalue weighted by Crippen LogP contribution is -2.22. The predicted molar refractivity (Wildman–Crippen MR) is 59.7 cm³/mol. The number of aromatic nitrogens is 1. The normalized spacial score (nSPS) is 18.1. The van der Waals surface area contributed by atoms with Crippen LogP contribution in [0.15, 0.2) is 18.3 Å². The van der Waals surface area contributed by atoms with Crippen molar-refractivity contribution >= 4 is 5.82 Å². The fourth-order valence-corrected chi connectivity index (χ4v) is 2.10. The maximum atomic E-state index is 12.3. The summed E-state index contributed by atoms with van der Waals surface area (Å²) in [5.74, 6) is 0.532. The van der Waals surface area contributed by atoms with Gasteiger partial charge in [-0.2, -0.15) is 13.2 Å². The molecule has 0 radical (unpaired) electrons. The van der Waals surface area contributed by atoms with Crippen LogP contribution in [0.2, 0.25) is 0 Å². The predicted octanol–water partition coefficient (Wildman–Crippen LogP) is 3.85. The largest absolute Gasteiger partial charge is 0.417 e. The first-order chi connectivity index (χ1) is 8.05. The lowest BCUT2D eigenvalue weighted by Gasteiger charge is -2.23. The fourth-order valence-electron chi connectivity index (χ4n) is 2.10. The second-order valence-corrected chi connectivity index (χ2v) is 4.41. The molecule has 1 N–H and O–H groups in total. The van der Waals surface area contributed by atoms with Crippen LogP contribution in [0.3, 0.4) is 0 Å². The van der Waals surface area contributed by atoms with Gasteiger partial charge in [0, 0.05) is 12.2 Å². The summed E-state index contributed by atoms with van der Waals surface area (Å²) in [6, 6.07) is 2.82. The second-order valence-electron chi connectivity index (χ2n) is 4.41. The highest BCUT2D eigenvalue weighted by atomic mass is 19.4. The molecule has 0 bridgehead atoms. The number of nitrogens with zero attached hydrogens (tertiary/aromatic N) is 1. The summed E-state index contributed by atoms with van der Waals surface area (Å²) in [6.45, 7) is 0. The third-order valence-corrected chi connectivity index (χ3v) is 3.05. The molecule has 94 valence electrons. The smallest absolute Gasteiger partial charge is 0.367 e. The Kier molecular flexibility index (Phi) is 3.54. The van der Waals surface area contributed by atoms with E-state index in [9.17, 15) is 13.2 Å². The summed E-state index contributed by atoms with van der Waals surface area (Å²) in [6.07, 6.45) is 2.32. The molecular formula is C12H15F3N2. The lowest BCUT2D eigenvalue weighted by atomic mass is 9.95. The van der Waals surface area contributed by atoms with Gasteiger partial charge in [-0.25, -0.2) is 4.98 Å². The summed E-state index contributed by atoms with van der Waals surface area (Å²) >= 11 is 0. The van der Waals surface area contributed by atoms with Gasteiger partial charge in [0.15, 0.2) is 0 Å². The van der Waals surface area contributed by atoms with Crippen LogP contribution in [-0.2, 0) is 6.18 Å². The van der Waals surface area contributed by atoms with Crippen LogP contribution in [0.1, 0.15) is 37.7 Å². The van der Waals surface area contributed by atoms with Crippen molar-refractivity contribution in [2.75, 3.05) is 5.32 Å². The Hall–Kier alpha value is -1.26. The molecule has 0 unspecified atom stereocenters. The minimum Gasteiger partial charge on any atom is -0.367 e.